The molecule has 126 valence electrons. The maximum Gasteiger partial charge on any atom is 0.334 e. The number of rotatable bonds is 5. The standard InChI is InChI=1S/C18H19NO5/c1-2-22-13-7-9-14(10-8-13)24-18(21)15-5-3-11-19(15)17(20)16-6-4-12-23-16/h4,6-10,12,15H,2-3,5,11H2,1H3/t15-/m0/s1. The van der Waals surface area contributed by atoms with E-state index in [1.54, 1.807) is 36.4 Å². The van der Waals surface area contributed by atoms with E-state index in [4.69, 9.17) is 13.9 Å². The summed E-state index contributed by atoms with van der Waals surface area (Å²) >= 11 is 0. The Morgan fingerprint density at radius 2 is 1.96 bits per heavy atom. The van der Waals surface area contributed by atoms with E-state index in [2.05, 4.69) is 0 Å². The number of hydrogen-bond donors (Lipinski definition) is 0. The second kappa shape index (κ2) is 7.21. The summed E-state index contributed by atoms with van der Waals surface area (Å²) in [4.78, 5) is 26.3. The second-order valence-corrected chi connectivity index (χ2v) is 5.46. The average Bonchev–Trinajstić information content (AvgIpc) is 3.28. The number of esters is 1. The van der Waals surface area contributed by atoms with E-state index in [0.717, 1.165) is 6.42 Å². The number of hydrogen-bond acceptors (Lipinski definition) is 5. The predicted molar refractivity (Wildman–Crippen MR) is 86.0 cm³/mol. The third-order valence-corrected chi connectivity index (χ3v) is 3.87. The lowest BCUT2D eigenvalue weighted by Crippen LogP contribution is -2.42. The van der Waals surface area contributed by atoms with Crippen LogP contribution < -0.4 is 9.47 Å². The van der Waals surface area contributed by atoms with Gasteiger partial charge in [0, 0.05) is 6.54 Å². The van der Waals surface area contributed by atoms with Crippen LogP contribution in [0.3, 0.4) is 0 Å². The van der Waals surface area contributed by atoms with Gasteiger partial charge in [-0.05, 0) is 56.2 Å². The van der Waals surface area contributed by atoms with E-state index < -0.39 is 12.0 Å². The molecule has 0 unspecified atom stereocenters. The van der Waals surface area contributed by atoms with Crippen LogP contribution in [0.1, 0.15) is 30.3 Å². The molecule has 1 atom stereocenters. The zero-order valence-electron chi connectivity index (χ0n) is 13.4. The van der Waals surface area contributed by atoms with Crippen LogP contribution in [0.15, 0.2) is 47.1 Å². The summed E-state index contributed by atoms with van der Waals surface area (Å²) in [5.41, 5.74) is 0. The molecule has 0 bridgehead atoms. The molecule has 1 amide bonds. The first kappa shape index (κ1) is 16.1. The molecule has 0 aliphatic carbocycles. The lowest BCUT2D eigenvalue weighted by Gasteiger charge is -2.22. The van der Waals surface area contributed by atoms with Gasteiger partial charge in [-0.2, -0.15) is 0 Å². The highest BCUT2D eigenvalue weighted by molar-refractivity contribution is 5.95. The molecule has 1 saturated heterocycles. The molecule has 1 aromatic heterocycles. The summed E-state index contributed by atoms with van der Waals surface area (Å²) in [6.45, 7) is 2.99. The normalized spacial score (nSPS) is 16.9. The van der Waals surface area contributed by atoms with E-state index in [1.807, 2.05) is 6.92 Å². The number of amides is 1. The van der Waals surface area contributed by atoms with Gasteiger partial charge >= 0.3 is 5.97 Å². The fraction of sp³-hybridized carbons (Fsp3) is 0.333. The molecule has 1 aliphatic rings. The van der Waals surface area contributed by atoms with Crippen molar-refractivity contribution >= 4 is 11.9 Å². The number of furan rings is 1. The van der Waals surface area contributed by atoms with Crippen molar-refractivity contribution in [3.8, 4) is 11.5 Å². The van der Waals surface area contributed by atoms with Crippen LogP contribution in [0.2, 0.25) is 0 Å². The first-order chi connectivity index (χ1) is 11.7. The van der Waals surface area contributed by atoms with E-state index in [9.17, 15) is 9.59 Å². The van der Waals surface area contributed by atoms with Crippen molar-refractivity contribution in [2.75, 3.05) is 13.2 Å². The van der Waals surface area contributed by atoms with Crippen molar-refractivity contribution in [3.05, 3.63) is 48.4 Å². The summed E-state index contributed by atoms with van der Waals surface area (Å²) < 4.78 is 15.9. The Morgan fingerprint density at radius 3 is 2.62 bits per heavy atom. The predicted octanol–water partition coefficient (Wildman–Crippen LogP) is 2.89. The molecule has 24 heavy (non-hydrogen) atoms. The molecule has 3 rings (SSSR count). The van der Waals surface area contributed by atoms with Gasteiger partial charge in [0.15, 0.2) is 5.76 Å². The van der Waals surface area contributed by atoms with E-state index in [0.29, 0.717) is 31.1 Å². The van der Waals surface area contributed by atoms with E-state index >= 15 is 0 Å². The van der Waals surface area contributed by atoms with Gasteiger partial charge in [0.2, 0.25) is 0 Å². The Balaban J connectivity index is 1.66. The van der Waals surface area contributed by atoms with Crippen molar-refractivity contribution < 1.29 is 23.5 Å². The maximum absolute atomic E-state index is 12.4. The van der Waals surface area contributed by atoms with Gasteiger partial charge in [0.05, 0.1) is 12.9 Å². The number of carbonyl (C=O) groups excluding carboxylic acids is 2. The Bertz CT molecular complexity index is 693. The minimum absolute atomic E-state index is 0.232. The van der Waals surface area contributed by atoms with E-state index in [-0.39, 0.29) is 11.7 Å². The van der Waals surface area contributed by atoms with Crippen LogP contribution in [0.5, 0.6) is 11.5 Å². The van der Waals surface area contributed by atoms with Crippen LogP contribution in [0.25, 0.3) is 0 Å². The van der Waals surface area contributed by atoms with Crippen molar-refractivity contribution in [1.82, 2.24) is 4.90 Å². The highest BCUT2D eigenvalue weighted by Crippen LogP contribution is 2.24. The molecule has 0 spiro atoms. The van der Waals surface area contributed by atoms with Gasteiger partial charge in [-0.25, -0.2) is 4.79 Å². The van der Waals surface area contributed by atoms with Crippen LogP contribution in [-0.2, 0) is 4.79 Å². The van der Waals surface area contributed by atoms with Crippen LogP contribution in [0.4, 0.5) is 0 Å². The Labute approximate surface area is 140 Å². The summed E-state index contributed by atoms with van der Waals surface area (Å²) in [6, 6.07) is 9.49. The van der Waals surface area contributed by atoms with Gasteiger partial charge in [0.25, 0.3) is 5.91 Å². The lowest BCUT2D eigenvalue weighted by atomic mass is 10.2. The molecule has 0 radical (unpaired) electrons. The molecule has 2 heterocycles. The van der Waals surface area contributed by atoms with Crippen molar-refractivity contribution in [2.24, 2.45) is 0 Å². The fourth-order valence-electron chi connectivity index (χ4n) is 2.75. The molecule has 0 N–H and O–H groups in total. The zero-order valence-corrected chi connectivity index (χ0v) is 13.4. The van der Waals surface area contributed by atoms with Crippen molar-refractivity contribution in [2.45, 2.75) is 25.8 Å². The second-order valence-electron chi connectivity index (χ2n) is 5.46. The molecule has 2 aromatic rings. The average molecular weight is 329 g/mol. The summed E-state index contributed by atoms with van der Waals surface area (Å²) in [6.07, 6.45) is 2.79. The molecule has 0 saturated carbocycles. The van der Waals surface area contributed by atoms with Crippen molar-refractivity contribution in [1.29, 1.82) is 0 Å². The zero-order chi connectivity index (χ0) is 16.9. The molecule has 1 aromatic carbocycles. The van der Waals surface area contributed by atoms with Crippen LogP contribution in [0, 0.1) is 0 Å². The van der Waals surface area contributed by atoms with Gasteiger partial charge in [-0.1, -0.05) is 0 Å². The Kier molecular flexibility index (Phi) is 4.84. The first-order valence-electron chi connectivity index (χ1n) is 7.98. The van der Waals surface area contributed by atoms with Gasteiger partial charge in [-0.3, -0.25) is 4.79 Å². The number of ether oxygens (including phenoxy) is 2. The molecule has 6 heteroatoms. The Hall–Kier alpha value is -2.76. The van der Waals surface area contributed by atoms with Gasteiger partial charge < -0.3 is 18.8 Å². The van der Waals surface area contributed by atoms with Crippen LogP contribution in [-0.4, -0.2) is 36.0 Å². The summed E-state index contributed by atoms with van der Waals surface area (Å²) in [7, 11) is 0. The molecule has 6 nitrogen and oxygen atoms in total. The minimum Gasteiger partial charge on any atom is -0.494 e. The summed E-state index contributed by atoms with van der Waals surface area (Å²) in [5, 5.41) is 0. The highest BCUT2D eigenvalue weighted by atomic mass is 16.5. The third-order valence-electron chi connectivity index (χ3n) is 3.87. The van der Waals surface area contributed by atoms with Gasteiger partial charge in [0.1, 0.15) is 17.5 Å². The number of likely N-dealkylation sites (tertiary alicyclic amines) is 1. The number of benzene rings is 1. The lowest BCUT2D eigenvalue weighted by molar-refractivity contribution is -0.138. The van der Waals surface area contributed by atoms with E-state index in [1.165, 1.54) is 11.2 Å². The smallest absolute Gasteiger partial charge is 0.334 e. The summed E-state index contributed by atoms with van der Waals surface area (Å²) in [5.74, 6) is 0.659. The fourth-order valence-corrected chi connectivity index (χ4v) is 2.75. The quantitative estimate of drug-likeness (QED) is 0.623. The number of nitrogens with zero attached hydrogens (tertiary/aromatic N) is 1. The first-order valence-corrected chi connectivity index (χ1v) is 7.98. The highest BCUT2D eigenvalue weighted by Gasteiger charge is 2.36. The molecular weight excluding hydrogens is 310 g/mol. The SMILES string of the molecule is CCOc1ccc(OC(=O)[C@@H]2CCCN2C(=O)c2ccco2)cc1. The largest absolute Gasteiger partial charge is 0.494 e. The van der Waals surface area contributed by atoms with Crippen molar-refractivity contribution in [3.63, 3.8) is 0 Å². The third kappa shape index (κ3) is 3.42. The number of carbonyl (C=O) groups is 2. The minimum atomic E-state index is -0.589. The molecule has 1 aliphatic heterocycles. The Morgan fingerprint density at radius 1 is 1.21 bits per heavy atom. The maximum atomic E-state index is 12.4. The molecule has 1 fully saturated rings. The van der Waals surface area contributed by atoms with Gasteiger partial charge in [-0.15, -0.1) is 0 Å². The topological polar surface area (TPSA) is 69.0 Å². The monoisotopic (exact) mass is 329 g/mol. The van der Waals surface area contributed by atoms with Crippen LogP contribution >= 0.6 is 0 Å². The molecular formula is C18H19NO5.